The van der Waals surface area contributed by atoms with E-state index in [1.54, 1.807) is 31.2 Å². The molecule has 1 aliphatic heterocycles. The number of nitrogens with one attached hydrogen (secondary N) is 2. The van der Waals surface area contributed by atoms with Gasteiger partial charge in [0.05, 0.1) is 17.2 Å². The van der Waals surface area contributed by atoms with Crippen molar-refractivity contribution in [1.82, 2.24) is 19.8 Å². The fourth-order valence-electron chi connectivity index (χ4n) is 3.63. The summed E-state index contributed by atoms with van der Waals surface area (Å²) in [6, 6.07) is 6.49. The minimum atomic E-state index is -0.621. The molecular weight excluding hydrogens is 428 g/mol. The van der Waals surface area contributed by atoms with Crippen LogP contribution in [0, 0.1) is 12.8 Å². The number of aromatic amines is 1. The highest BCUT2D eigenvalue weighted by Gasteiger charge is 2.35. The van der Waals surface area contributed by atoms with Crippen LogP contribution in [0.15, 0.2) is 40.1 Å². The molecular formula is C23H30N4O6. The van der Waals surface area contributed by atoms with Crippen molar-refractivity contribution in [2.24, 2.45) is 5.92 Å². The first kappa shape index (κ1) is 24.4. The molecule has 1 aliphatic rings. The first-order valence-corrected chi connectivity index (χ1v) is 10.8. The number of hydrogen-bond donors (Lipinski definition) is 2. The van der Waals surface area contributed by atoms with Crippen molar-refractivity contribution in [3.05, 3.63) is 68.0 Å². The van der Waals surface area contributed by atoms with Crippen molar-refractivity contribution in [3.63, 3.8) is 0 Å². The quantitative estimate of drug-likeness (QED) is 0.564. The van der Waals surface area contributed by atoms with E-state index in [1.165, 1.54) is 10.8 Å². The van der Waals surface area contributed by atoms with Crippen LogP contribution in [0.1, 0.15) is 45.9 Å². The smallest absolute Gasteiger partial charge is 0.339 e. The number of ether oxygens (including phenoxy) is 2. The van der Waals surface area contributed by atoms with Crippen molar-refractivity contribution in [2.45, 2.75) is 32.6 Å². The summed E-state index contributed by atoms with van der Waals surface area (Å²) in [5, 5.41) is 2.80. The van der Waals surface area contributed by atoms with E-state index in [-0.39, 0.29) is 29.6 Å². The van der Waals surface area contributed by atoms with Crippen molar-refractivity contribution in [2.75, 3.05) is 33.8 Å². The molecule has 2 heterocycles. The number of esters is 1. The van der Waals surface area contributed by atoms with Gasteiger partial charge in [-0.15, -0.1) is 0 Å². The van der Waals surface area contributed by atoms with E-state index in [0.717, 1.165) is 0 Å². The molecule has 178 valence electrons. The molecule has 0 aliphatic carbocycles. The lowest BCUT2D eigenvalue weighted by molar-refractivity contribution is -0.0402. The standard InChI is InChI=1S/C23H30N4O6/c1-14-11-19(27-12-15(2)20(28)25-23(27)31)33-18(14)13-32-22(30)17-8-6-5-7-16(17)21(29)24-9-10-26(3)4/h5-8,12,14,18-19H,9-11,13H2,1-4H3,(H,24,29)(H,25,28,31)/t14-,18-,19-/m1/s1. The van der Waals surface area contributed by atoms with Gasteiger partial charge in [-0.25, -0.2) is 9.59 Å². The number of nitrogens with zero attached hydrogens (tertiary/aromatic N) is 2. The third-order valence-corrected chi connectivity index (χ3v) is 5.61. The lowest BCUT2D eigenvalue weighted by Crippen LogP contribution is -2.33. The Labute approximate surface area is 191 Å². The van der Waals surface area contributed by atoms with Crippen molar-refractivity contribution in [3.8, 4) is 0 Å². The van der Waals surface area contributed by atoms with Gasteiger partial charge in [-0.1, -0.05) is 19.1 Å². The molecule has 3 atom stereocenters. The molecule has 0 bridgehead atoms. The lowest BCUT2D eigenvalue weighted by atomic mass is 10.0. The zero-order chi connectivity index (χ0) is 24.1. The van der Waals surface area contributed by atoms with Crippen molar-refractivity contribution < 1.29 is 19.1 Å². The highest BCUT2D eigenvalue weighted by molar-refractivity contribution is 6.05. The topological polar surface area (TPSA) is 123 Å². The number of amides is 1. The molecule has 0 radical (unpaired) electrons. The molecule has 3 rings (SSSR count). The molecule has 1 amide bonds. The van der Waals surface area contributed by atoms with Crippen LogP contribution in [0.5, 0.6) is 0 Å². The number of carbonyl (C=O) groups is 2. The summed E-state index contributed by atoms with van der Waals surface area (Å²) < 4.78 is 12.8. The first-order valence-electron chi connectivity index (χ1n) is 10.8. The zero-order valence-electron chi connectivity index (χ0n) is 19.3. The molecule has 10 nitrogen and oxygen atoms in total. The predicted molar refractivity (Wildman–Crippen MR) is 121 cm³/mol. The number of benzene rings is 1. The lowest BCUT2D eigenvalue weighted by Gasteiger charge is -2.17. The van der Waals surface area contributed by atoms with E-state index in [2.05, 4.69) is 10.3 Å². The Bertz CT molecular complexity index is 1120. The molecule has 2 aromatic rings. The van der Waals surface area contributed by atoms with Crippen molar-refractivity contribution >= 4 is 11.9 Å². The molecule has 0 unspecified atom stereocenters. The Kier molecular flexibility index (Phi) is 7.83. The van der Waals surface area contributed by atoms with Gasteiger partial charge in [-0.3, -0.25) is 19.1 Å². The summed E-state index contributed by atoms with van der Waals surface area (Å²) in [5.41, 5.74) is -0.155. The van der Waals surface area contributed by atoms with Gasteiger partial charge in [0.15, 0.2) is 0 Å². The maximum Gasteiger partial charge on any atom is 0.339 e. The minimum absolute atomic E-state index is 0.00603. The second-order valence-corrected chi connectivity index (χ2v) is 8.52. The maximum atomic E-state index is 12.7. The van der Waals surface area contributed by atoms with Gasteiger partial charge in [0, 0.05) is 24.8 Å². The predicted octanol–water partition coefficient (Wildman–Crippen LogP) is 0.917. The summed E-state index contributed by atoms with van der Waals surface area (Å²) in [6.07, 6.45) is 0.997. The number of H-pyrrole nitrogens is 1. The Balaban J connectivity index is 1.63. The summed E-state index contributed by atoms with van der Waals surface area (Å²) >= 11 is 0. The fourth-order valence-corrected chi connectivity index (χ4v) is 3.63. The third-order valence-electron chi connectivity index (χ3n) is 5.61. The number of carbonyl (C=O) groups excluding carboxylic acids is 2. The molecule has 1 aromatic carbocycles. The van der Waals surface area contributed by atoms with Crippen LogP contribution in [-0.4, -0.2) is 66.2 Å². The van der Waals surface area contributed by atoms with Crippen LogP contribution in [0.4, 0.5) is 0 Å². The van der Waals surface area contributed by atoms with Gasteiger partial charge in [0.25, 0.3) is 11.5 Å². The first-order chi connectivity index (χ1) is 15.7. The van der Waals surface area contributed by atoms with Gasteiger partial charge in [0.2, 0.25) is 0 Å². The van der Waals surface area contributed by atoms with E-state index in [1.807, 2.05) is 25.9 Å². The molecule has 2 N–H and O–H groups in total. The van der Waals surface area contributed by atoms with Crippen LogP contribution >= 0.6 is 0 Å². The Hall–Kier alpha value is -3.24. The molecule has 0 spiro atoms. The second kappa shape index (κ2) is 10.6. The summed E-state index contributed by atoms with van der Waals surface area (Å²) in [7, 11) is 3.81. The van der Waals surface area contributed by atoms with E-state index in [4.69, 9.17) is 9.47 Å². The summed E-state index contributed by atoms with van der Waals surface area (Å²) in [4.78, 5) is 53.3. The van der Waals surface area contributed by atoms with Crippen LogP contribution < -0.4 is 16.6 Å². The average Bonchev–Trinajstić information content (AvgIpc) is 3.14. The second-order valence-electron chi connectivity index (χ2n) is 8.52. The fraction of sp³-hybridized carbons (Fsp3) is 0.478. The van der Waals surface area contributed by atoms with Gasteiger partial charge in [0.1, 0.15) is 12.8 Å². The van der Waals surface area contributed by atoms with E-state index in [0.29, 0.717) is 25.1 Å². The number of aromatic nitrogens is 2. The van der Waals surface area contributed by atoms with Crippen LogP contribution in [0.3, 0.4) is 0 Å². The summed E-state index contributed by atoms with van der Waals surface area (Å²) in [6.45, 7) is 4.65. The van der Waals surface area contributed by atoms with Gasteiger partial charge in [-0.2, -0.15) is 0 Å². The third kappa shape index (κ3) is 5.96. The molecule has 0 saturated carbocycles. The van der Waals surface area contributed by atoms with E-state index < -0.39 is 29.6 Å². The normalized spacial score (nSPS) is 20.1. The Morgan fingerprint density at radius 3 is 2.64 bits per heavy atom. The SMILES string of the molecule is Cc1cn([C@H]2C[C@@H](C)[C@@H](COC(=O)c3ccccc3C(=O)NCCN(C)C)O2)c(=O)[nH]c1=O. The number of likely N-dealkylation sites (N-methyl/N-ethyl adjacent to an activating group) is 1. The van der Waals surface area contributed by atoms with Gasteiger partial charge < -0.3 is 19.7 Å². The van der Waals surface area contributed by atoms with Gasteiger partial charge >= 0.3 is 11.7 Å². The Morgan fingerprint density at radius 1 is 1.24 bits per heavy atom. The highest BCUT2D eigenvalue weighted by Crippen LogP contribution is 2.32. The van der Waals surface area contributed by atoms with E-state index in [9.17, 15) is 19.2 Å². The highest BCUT2D eigenvalue weighted by atomic mass is 16.6. The van der Waals surface area contributed by atoms with Crippen molar-refractivity contribution in [1.29, 1.82) is 0 Å². The molecule has 1 saturated heterocycles. The maximum absolute atomic E-state index is 12.7. The number of hydrogen-bond acceptors (Lipinski definition) is 7. The largest absolute Gasteiger partial charge is 0.459 e. The van der Waals surface area contributed by atoms with E-state index >= 15 is 0 Å². The minimum Gasteiger partial charge on any atom is -0.459 e. The number of aryl methyl sites for hydroxylation is 1. The number of rotatable bonds is 8. The van der Waals surface area contributed by atoms with Crippen LogP contribution in [0.2, 0.25) is 0 Å². The average molecular weight is 459 g/mol. The van der Waals surface area contributed by atoms with Crippen LogP contribution in [0.25, 0.3) is 0 Å². The van der Waals surface area contributed by atoms with Gasteiger partial charge in [-0.05, 0) is 45.5 Å². The molecule has 10 heteroatoms. The molecule has 33 heavy (non-hydrogen) atoms. The van der Waals surface area contributed by atoms with Crippen LogP contribution in [-0.2, 0) is 9.47 Å². The molecule has 1 fully saturated rings. The monoisotopic (exact) mass is 458 g/mol. The Morgan fingerprint density at radius 2 is 1.94 bits per heavy atom. The molecule has 1 aromatic heterocycles. The zero-order valence-corrected chi connectivity index (χ0v) is 19.3. The summed E-state index contributed by atoms with van der Waals surface area (Å²) in [5.74, 6) is -0.959.